The van der Waals surface area contributed by atoms with Gasteiger partial charge >= 0.3 is 0 Å². The van der Waals surface area contributed by atoms with Crippen LogP contribution in [-0.2, 0) is 0 Å². The molecule has 0 fully saturated rings. The summed E-state index contributed by atoms with van der Waals surface area (Å²) < 4.78 is 0. The number of rotatable bonds is 3. The van der Waals surface area contributed by atoms with Crippen LogP contribution in [0.25, 0.3) is 0 Å². The van der Waals surface area contributed by atoms with Crippen LogP contribution in [0.3, 0.4) is 0 Å². The monoisotopic (exact) mass is 192 g/mol. The Morgan fingerprint density at radius 2 is 2.00 bits per heavy atom. The van der Waals surface area contributed by atoms with Gasteiger partial charge in [-0.25, -0.2) is 0 Å². The first-order valence-corrected chi connectivity index (χ1v) is 5.13. The molecular weight excluding hydrogens is 180 g/mol. The van der Waals surface area contributed by atoms with Crippen LogP contribution in [0, 0.1) is 11.8 Å². The number of phenols is 1. The van der Waals surface area contributed by atoms with Gasteiger partial charge in [0.15, 0.2) is 0 Å². The molecule has 0 unspecified atom stereocenters. The van der Waals surface area contributed by atoms with Crippen molar-refractivity contribution in [3.63, 3.8) is 0 Å². The molecule has 0 aliphatic carbocycles. The summed E-state index contributed by atoms with van der Waals surface area (Å²) in [6.45, 7) is 1.85. The summed E-state index contributed by atoms with van der Waals surface area (Å²) in [4.78, 5) is 1.18. The Balaban J connectivity index is 2.36. The summed E-state index contributed by atoms with van der Waals surface area (Å²) in [5.41, 5.74) is 0. The third-order valence-electron chi connectivity index (χ3n) is 1.51. The van der Waals surface area contributed by atoms with Gasteiger partial charge in [0, 0.05) is 17.1 Å². The maximum absolute atomic E-state index is 9.03. The molecule has 2 heteroatoms. The molecule has 0 aromatic heterocycles. The quantitative estimate of drug-likeness (QED) is 0.451. The van der Waals surface area contributed by atoms with Gasteiger partial charge in [-0.2, -0.15) is 0 Å². The molecule has 0 bridgehead atoms. The highest BCUT2D eigenvalue weighted by Gasteiger charge is 1.92. The molecule has 0 saturated carbocycles. The smallest absolute Gasteiger partial charge is 0.115 e. The van der Waals surface area contributed by atoms with Gasteiger partial charge in [-0.3, -0.25) is 0 Å². The fraction of sp³-hybridized carbons (Fsp3) is 0.273. The van der Waals surface area contributed by atoms with Gasteiger partial charge in [-0.1, -0.05) is 0 Å². The van der Waals surface area contributed by atoms with E-state index in [2.05, 4.69) is 11.8 Å². The van der Waals surface area contributed by atoms with Gasteiger partial charge in [0.1, 0.15) is 5.75 Å². The second-order valence-electron chi connectivity index (χ2n) is 2.52. The molecule has 1 aromatic carbocycles. The van der Waals surface area contributed by atoms with Gasteiger partial charge in [-0.05, 0) is 31.2 Å². The molecule has 0 saturated heterocycles. The van der Waals surface area contributed by atoms with Gasteiger partial charge in [0.25, 0.3) is 0 Å². The van der Waals surface area contributed by atoms with E-state index in [4.69, 9.17) is 5.11 Å². The largest absolute Gasteiger partial charge is 0.508 e. The number of hydrogen-bond acceptors (Lipinski definition) is 2. The van der Waals surface area contributed by atoms with Crippen LogP contribution in [-0.4, -0.2) is 10.9 Å². The third-order valence-corrected chi connectivity index (χ3v) is 2.52. The topological polar surface area (TPSA) is 20.2 Å². The van der Waals surface area contributed by atoms with E-state index >= 15 is 0 Å². The Bertz CT molecular complexity index is 305. The first-order valence-electron chi connectivity index (χ1n) is 4.14. The van der Waals surface area contributed by atoms with Crippen LogP contribution < -0.4 is 0 Å². The van der Waals surface area contributed by atoms with Gasteiger partial charge in [0.2, 0.25) is 0 Å². The molecule has 0 aliphatic heterocycles. The predicted octanol–water partition coefficient (Wildman–Crippen LogP) is 2.90. The maximum Gasteiger partial charge on any atom is 0.115 e. The SMILES string of the molecule is CC#CCCSc1ccc(O)cc1. The van der Waals surface area contributed by atoms with E-state index in [-0.39, 0.29) is 0 Å². The van der Waals surface area contributed by atoms with Crippen LogP contribution in [0.4, 0.5) is 0 Å². The van der Waals surface area contributed by atoms with E-state index in [0.717, 1.165) is 12.2 Å². The lowest BCUT2D eigenvalue weighted by atomic mass is 10.3. The molecule has 0 spiro atoms. The summed E-state index contributed by atoms with van der Waals surface area (Å²) in [6, 6.07) is 7.24. The zero-order valence-electron chi connectivity index (χ0n) is 7.58. The van der Waals surface area contributed by atoms with E-state index in [1.807, 2.05) is 19.1 Å². The van der Waals surface area contributed by atoms with E-state index in [1.165, 1.54) is 4.90 Å². The minimum Gasteiger partial charge on any atom is -0.508 e. The van der Waals surface area contributed by atoms with E-state index < -0.39 is 0 Å². The van der Waals surface area contributed by atoms with Crippen LogP contribution in [0.15, 0.2) is 29.2 Å². The number of hydrogen-bond donors (Lipinski definition) is 1. The van der Waals surface area contributed by atoms with Crippen molar-refractivity contribution in [2.24, 2.45) is 0 Å². The first-order chi connectivity index (χ1) is 6.33. The van der Waals surface area contributed by atoms with Crippen molar-refractivity contribution < 1.29 is 5.11 Å². The normalized spacial score (nSPS) is 9.00. The summed E-state index contributed by atoms with van der Waals surface area (Å²) in [7, 11) is 0. The Morgan fingerprint density at radius 1 is 1.31 bits per heavy atom. The van der Waals surface area contributed by atoms with Crippen LogP contribution in [0.1, 0.15) is 13.3 Å². The van der Waals surface area contributed by atoms with Gasteiger partial charge in [-0.15, -0.1) is 23.6 Å². The summed E-state index contributed by atoms with van der Waals surface area (Å²) in [5, 5.41) is 9.03. The fourth-order valence-corrected chi connectivity index (χ4v) is 1.66. The van der Waals surface area contributed by atoms with Crippen molar-refractivity contribution >= 4 is 11.8 Å². The number of thioether (sulfide) groups is 1. The second kappa shape index (κ2) is 5.55. The fourth-order valence-electron chi connectivity index (χ4n) is 0.887. The van der Waals surface area contributed by atoms with Crippen molar-refractivity contribution in [3.05, 3.63) is 24.3 Å². The van der Waals surface area contributed by atoms with Gasteiger partial charge in [0.05, 0.1) is 0 Å². The Morgan fingerprint density at radius 3 is 2.62 bits per heavy atom. The zero-order chi connectivity index (χ0) is 9.52. The van der Waals surface area contributed by atoms with Crippen LogP contribution in [0.2, 0.25) is 0 Å². The molecule has 1 N–H and O–H groups in total. The molecule has 0 atom stereocenters. The zero-order valence-corrected chi connectivity index (χ0v) is 8.40. The van der Waals surface area contributed by atoms with Crippen molar-refractivity contribution in [1.82, 2.24) is 0 Å². The second-order valence-corrected chi connectivity index (χ2v) is 3.69. The molecule has 13 heavy (non-hydrogen) atoms. The summed E-state index contributed by atoms with van der Waals surface area (Å²) in [6.07, 6.45) is 0.919. The molecule has 0 amide bonds. The first kappa shape index (κ1) is 10.0. The molecule has 1 nitrogen and oxygen atoms in total. The predicted molar refractivity (Wildman–Crippen MR) is 56.9 cm³/mol. The van der Waals surface area contributed by atoms with Crippen molar-refractivity contribution in [1.29, 1.82) is 0 Å². The summed E-state index contributed by atoms with van der Waals surface area (Å²) in [5.74, 6) is 7.19. The molecule has 1 rings (SSSR count). The highest BCUT2D eigenvalue weighted by atomic mass is 32.2. The van der Waals surface area contributed by atoms with Crippen molar-refractivity contribution in [2.45, 2.75) is 18.2 Å². The lowest BCUT2D eigenvalue weighted by Crippen LogP contribution is -1.76. The van der Waals surface area contributed by atoms with Crippen LogP contribution in [0.5, 0.6) is 5.75 Å². The highest BCUT2D eigenvalue weighted by Crippen LogP contribution is 2.20. The molecule has 0 aliphatic rings. The molecule has 68 valence electrons. The molecule has 0 heterocycles. The lowest BCUT2D eigenvalue weighted by Gasteiger charge is -1.98. The van der Waals surface area contributed by atoms with Gasteiger partial charge < -0.3 is 5.11 Å². The molecular formula is C11H12OS. The minimum absolute atomic E-state index is 0.317. The summed E-state index contributed by atoms with van der Waals surface area (Å²) >= 11 is 1.76. The van der Waals surface area contributed by atoms with Crippen molar-refractivity contribution in [2.75, 3.05) is 5.75 Å². The van der Waals surface area contributed by atoms with E-state index in [0.29, 0.717) is 5.75 Å². The minimum atomic E-state index is 0.317. The third kappa shape index (κ3) is 3.91. The average molecular weight is 192 g/mol. The average Bonchev–Trinajstić information content (AvgIpc) is 2.15. The van der Waals surface area contributed by atoms with E-state index in [9.17, 15) is 0 Å². The standard InChI is InChI=1S/C11H12OS/c1-2-3-4-9-13-11-7-5-10(12)6-8-11/h5-8,12H,4,9H2,1H3. The van der Waals surface area contributed by atoms with Crippen molar-refractivity contribution in [3.8, 4) is 17.6 Å². The highest BCUT2D eigenvalue weighted by molar-refractivity contribution is 7.99. The molecule has 0 radical (unpaired) electrons. The Hall–Kier alpha value is -1.07. The molecule has 1 aromatic rings. The van der Waals surface area contributed by atoms with Crippen LogP contribution >= 0.6 is 11.8 Å². The lowest BCUT2D eigenvalue weighted by molar-refractivity contribution is 0.475. The number of aromatic hydroxyl groups is 1. The number of phenolic OH excluding ortho intramolecular Hbond substituents is 1. The Labute approximate surface area is 83.2 Å². The van der Waals surface area contributed by atoms with E-state index in [1.54, 1.807) is 23.9 Å². The maximum atomic E-state index is 9.03. The number of benzene rings is 1. The Kier molecular flexibility index (Phi) is 4.28.